The molecule has 2 aromatic carbocycles. The van der Waals surface area contributed by atoms with Crippen molar-refractivity contribution in [1.29, 1.82) is 0 Å². The molecule has 0 aliphatic rings. The Kier molecular flexibility index (Phi) is 12.1. The number of nitrogens with zero attached hydrogens (tertiary/aromatic N) is 2. The molecule has 3 N–H and O–H groups in total. The third-order valence-electron chi connectivity index (χ3n) is 6.72. The number of carbonyl (C=O) groups excluding carboxylic acids is 2. The first-order valence-corrected chi connectivity index (χ1v) is 14.7. The van der Waals surface area contributed by atoms with Gasteiger partial charge in [0.1, 0.15) is 11.6 Å². The van der Waals surface area contributed by atoms with Crippen LogP contribution in [0.25, 0.3) is 11.3 Å². The molecule has 0 fully saturated rings. The predicted octanol–water partition coefficient (Wildman–Crippen LogP) is 6.47. The monoisotopic (exact) mass is 638 g/mol. The zero-order chi connectivity index (χ0) is 32.6. The number of benzene rings is 2. The molecule has 1 aromatic heterocycles. The molecule has 0 aliphatic heterocycles. The van der Waals surface area contributed by atoms with Crippen molar-refractivity contribution in [3.63, 3.8) is 0 Å². The molecular formula is C31H38ClF3N4O5. The van der Waals surface area contributed by atoms with E-state index in [0.717, 1.165) is 23.7 Å². The van der Waals surface area contributed by atoms with E-state index in [0.29, 0.717) is 18.8 Å². The fourth-order valence-corrected chi connectivity index (χ4v) is 4.62. The number of ether oxygens (including phenoxy) is 2. The van der Waals surface area contributed by atoms with Gasteiger partial charge < -0.3 is 29.8 Å². The number of aryl methyl sites for hydroxylation is 1. The van der Waals surface area contributed by atoms with Gasteiger partial charge in [0.05, 0.1) is 22.9 Å². The third kappa shape index (κ3) is 9.62. The Morgan fingerprint density at radius 2 is 1.75 bits per heavy atom. The molecule has 9 nitrogen and oxygen atoms in total. The number of rotatable bonds is 13. The molecule has 13 heteroatoms. The van der Waals surface area contributed by atoms with Crippen LogP contribution in [-0.4, -0.2) is 57.7 Å². The molecule has 0 saturated heterocycles. The molecule has 2 amide bonds. The number of halogens is 4. The highest BCUT2D eigenvalue weighted by Gasteiger charge is 2.38. The van der Waals surface area contributed by atoms with Gasteiger partial charge in [-0.05, 0) is 71.2 Å². The summed E-state index contributed by atoms with van der Waals surface area (Å²) in [6, 6.07) is 10.6. The molecule has 0 spiro atoms. The van der Waals surface area contributed by atoms with Gasteiger partial charge in [-0.15, -0.1) is 0 Å². The predicted molar refractivity (Wildman–Crippen MR) is 161 cm³/mol. The molecule has 44 heavy (non-hydrogen) atoms. The van der Waals surface area contributed by atoms with E-state index in [1.807, 2.05) is 48.9 Å². The van der Waals surface area contributed by atoms with Crippen LogP contribution in [0.4, 0.5) is 18.0 Å². The quantitative estimate of drug-likeness (QED) is 0.198. The Morgan fingerprint density at radius 3 is 2.32 bits per heavy atom. The number of aromatic nitrogens is 2. The highest BCUT2D eigenvalue weighted by molar-refractivity contribution is 6.32. The maximum Gasteiger partial charge on any atom is 0.425 e. The third-order valence-corrected chi connectivity index (χ3v) is 7.01. The lowest BCUT2D eigenvalue weighted by molar-refractivity contribution is -0.189. The maximum atomic E-state index is 12.9. The molecule has 1 heterocycles. The maximum absolute atomic E-state index is 12.9. The summed E-state index contributed by atoms with van der Waals surface area (Å²) in [5.74, 6) is 0.0119. The van der Waals surface area contributed by atoms with Gasteiger partial charge in [-0.2, -0.15) is 13.2 Å². The first kappa shape index (κ1) is 34.7. The Hall–Kier alpha value is -3.77. The lowest BCUT2D eigenvalue weighted by atomic mass is 10.0. The number of aliphatic hydroxyl groups is 1. The van der Waals surface area contributed by atoms with Crippen molar-refractivity contribution in [3.8, 4) is 17.0 Å². The zero-order valence-corrected chi connectivity index (χ0v) is 26.0. The second-order valence-electron chi connectivity index (χ2n) is 10.6. The number of amides is 2. The van der Waals surface area contributed by atoms with Crippen LogP contribution in [0.15, 0.2) is 48.7 Å². The number of hydrogen-bond acceptors (Lipinski definition) is 6. The summed E-state index contributed by atoms with van der Waals surface area (Å²) in [5, 5.41) is 15.1. The van der Waals surface area contributed by atoms with Crippen LogP contribution in [0, 0.1) is 0 Å². The summed E-state index contributed by atoms with van der Waals surface area (Å²) in [4.78, 5) is 29.7. The molecule has 1 unspecified atom stereocenters. The van der Waals surface area contributed by atoms with Crippen LogP contribution in [0.5, 0.6) is 5.75 Å². The molecule has 3 aromatic rings. The molecule has 0 saturated carbocycles. The van der Waals surface area contributed by atoms with Gasteiger partial charge in [0.15, 0.2) is 6.10 Å². The van der Waals surface area contributed by atoms with E-state index in [-0.39, 0.29) is 41.5 Å². The largest absolute Gasteiger partial charge is 0.480 e. The number of imidazole rings is 1. The summed E-state index contributed by atoms with van der Waals surface area (Å²) in [7, 11) is 0. The van der Waals surface area contributed by atoms with Gasteiger partial charge in [-0.25, -0.2) is 9.78 Å². The van der Waals surface area contributed by atoms with E-state index in [9.17, 15) is 27.9 Å². The molecule has 3 rings (SSSR count). The Morgan fingerprint density at radius 1 is 1.07 bits per heavy atom. The van der Waals surface area contributed by atoms with Gasteiger partial charge in [-0.3, -0.25) is 4.79 Å². The molecule has 0 bridgehead atoms. The van der Waals surface area contributed by atoms with Crippen molar-refractivity contribution in [2.24, 2.45) is 0 Å². The van der Waals surface area contributed by atoms with Gasteiger partial charge in [0, 0.05) is 36.5 Å². The van der Waals surface area contributed by atoms with E-state index in [1.54, 1.807) is 13.8 Å². The molecule has 0 aliphatic carbocycles. The first-order chi connectivity index (χ1) is 20.7. The van der Waals surface area contributed by atoms with Crippen molar-refractivity contribution in [2.75, 3.05) is 6.61 Å². The van der Waals surface area contributed by atoms with Gasteiger partial charge in [-0.1, -0.05) is 35.9 Å². The number of nitrogens with one attached hydrogen (secondary N) is 2. The molecular weight excluding hydrogens is 601 g/mol. The van der Waals surface area contributed by atoms with E-state index in [4.69, 9.17) is 26.1 Å². The molecule has 0 radical (unpaired) electrons. The standard InChI is InChI=1S/C31H38ClF3N4O5/c1-6-39-17-26(38-28(39)19(4)36-30(42)43-18(2)3)22-9-7-21(8-10-22)15-24(13-14-40)37-29(41)23-11-12-27(25(32)16-23)44-20(5)31(33,34)35/h7-12,16-20,24,40H,6,13-15H2,1-5H3,(H,36,42)(H,37,41)/t19-,20?,24-/m1/s1. The first-order valence-electron chi connectivity index (χ1n) is 14.3. The van der Waals surface area contributed by atoms with Crippen LogP contribution >= 0.6 is 11.6 Å². The van der Waals surface area contributed by atoms with Crippen LogP contribution in [-0.2, 0) is 17.7 Å². The molecule has 240 valence electrons. The zero-order valence-electron chi connectivity index (χ0n) is 25.2. The summed E-state index contributed by atoms with van der Waals surface area (Å²) in [6.07, 6.45) is -4.77. The summed E-state index contributed by atoms with van der Waals surface area (Å²) < 4.78 is 50.5. The fourth-order valence-electron chi connectivity index (χ4n) is 4.40. The van der Waals surface area contributed by atoms with E-state index in [1.165, 1.54) is 18.2 Å². The lowest BCUT2D eigenvalue weighted by Crippen LogP contribution is -2.37. The van der Waals surface area contributed by atoms with E-state index < -0.39 is 30.3 Å². The minimum Gasteiger partial charge on any atom is -0.480 e. The minimum atomic E-state index is -4.56. The number of hydrogen-bond donors (Lipinski definition) is 3. The van der Waals surface area contributed by atoms with E-state index >= 15 is 0 Å². The smallest absolute Gasteiger partial charge is 0.425 e. The highest BCUT2D eigenvalue weighted by Crippen LogP contribution is 2.31. The van der Waals surface area contributed by atoms with Crippen molar-refractivity contribution in [3.05, 3.63) is 70.6 Å². The van der Waals surface area contributed by atoms with Crippen LogP contribution in [0.2, 0.25) is 5.02 Å². The highest BCUT2D eigenvalue weighted by atomic mass is 35.5. The van der Waals surface area contributed by atoms with Crippen molar-refractivity contribution in [2.45, 2.75) is 84.5 Å². The fraction of sp³-hybridized carbons (Fsp3) is 0.452. The van der Waals surface area contributed by atoms with E-state index in [2.05, 4.69) is 10.6 Å². The average molecular weight is 639 g/mol. The average Bonchev–Trinajstić information content (AvgIpc) is 3.38. The van der Waals surface area contributed by atoms with Gasteiger partial charge in [0.25, 0.3) is 5.91 Å². The Labute approximate surface area is 259 Å². The van der Waals surface area contributed by atoms with Gasteiger partial charge >= 0.3 is 12.3 Å². The number of alkyl halides is 3. The van der Waals surface area contributed by atoms with Crippen LogP contribution < -0.4 is 15.4 Å². The topological polar surface area (TPSA) is 115 Å². The number of alkyl carbamates (subject to hydrolysis) is 1. The van der Waals surface area contributed by atoms with Crippen LogP contribution in [0.3, 0.4) is 0 Å². The van der Waals surface area contributed by atoms with Gasteiger partial charge in [0.2, 0.25) is 0 Å². The second-order valence-corrected chi connectivity index (χ2v) is 11.0. The van der Waals surface area contributed by atoms with Crippen molar-refractivity contribution >= 4 is 23.6 Å². The summed E-state index contributed by atoms with van der Waals surface area (Å²) in [6.45, 7) is 8.72. The molecule has 3 atom stereocenters. The SMILES string of the molecule is CCn1cc(-c2ccc(C[C@@H](CCO)NC(=O)c3ccc(OC(C)C(F)(F)F)c(Cl)c3)cc2)nc1[C@@H](C)NC(=O)OC(C)C. The number of aliphatic hydroxyl groups excluding tert-OH is 1. The number of carbonyl (C=O) groups is 2. The Bertz CT molecular complexity index is 1410. The summed E-state index contributed by atoms with van der Waals surface area (Å²) >= 11 is 6.10. The normalized spacial score (nSPS) is 13.7. The van der Waals surface area contributed by atoms with Crippen molar-refractivity contribution < 1.29 is 37.3 Å². The van der Waals surface area contributed by atoms with Crippen LogP contribution in [0.1, 0.15) is 68.8 Å². The summed E-state index contributed by atoms with van der Waals surface area (Å²) in [5.41, 5.74) is 2.63. The lowest BCUT2D eigenvalue weighted by Gasteiger charge is -2.20. The van der Waals surface area contributed by atoms with Crippen molar-refractivity contribution in [1.82, 2.24) is 20.2 Å². The second kappa shape index (κ2) is 15.3. The minimum absolute atomic E-state index is 0.127. The Balaban J connectivity index is 1.68.